The van der Waals surface area contributed by atoms with Crippen LogP contribution in [-0.4, -0.2) is 22.6 Å². The number of amides is 1. The summed E-state index contributed by atoms with van der Waals surface area (Å²) in [5.74, 6) is 5.26. The van der Waals surface area contributed by atoms with Crippen LogP contribution >= 0.6 is 22.7 Å². The normalized spacial score (nSPS) is 10.0. The molecular formula is C14H14N2O2S2. The van der Waals surface area contributed by atoms with Crippen LogP contribution in [0.15, 0.2) is 6.07 Å². The third-order valence-electron chi connectivity index (χ3n) is 2.67. The molecule has 0 fully saturated rings. The van der Waals surface area contributed by atoms with Crippen molar-refractivity contribution in [1.82, 2.24) is 4.98 Å². The van der Waals surface area contributed by atoms with Crippen LogP contribution in [0.5, 0.6) is 0 Å². The maximum atomic E-state index is 12.1. The highest BCUT2D eigenvalue weighted by Crippen LogP contribution is 2.25. The highest BCUT2D eigenvalue weighted by Gasteiger charge is 2.14. The quantitative estimate of drug-likeness (QED) is 0.839. The molecule has 2 N–H and O–H groups in total. The fourth-order valence-electron chi connectivity index (χ4n) is 1.52. The van der Waals surface area contributed by atoms with E-state index in [4.69, 9.17) is 5.11 Å². The zero-order chi connectivity index (χ0) is 14.7. The van der Waals surface area contributed by atoms with Gasteiger partial charge in [-0.25, -0.2) is 4.98 Å². The minimum absolute atomic E-state index is 0.177. The molecular weight excluding hydrogens is 292 g/mol. The Hall–Kier alpha value is -1.68. The van der Waals surface area contributed by atoms with Crippen molar-refractivity contribution in [3.8, 4) is 11.8 Å². The average molecular weight is 306 g/mol. The zero-order valence-electron chi connectivity index (χ0n) is 11.4. The van der Waals surface area contributed by atoms with Gasteiger partial charge in [-0.2, -0.15) is 0 Å². The van der Waals surface area contributed by atoms with Crippen LogP contribution in [0.4, 0.5) is 5.13 Å². The second-order valence-electron chi connectivity index (χ2n) is 4.20. The number of thiophene rings is 1. The molecule has 0 radical (unpaired) electrons. The fourth-order valence-corrected chi connectivity index (χ4v) is 3.27. The van der Waals surface area contributed by atoms with E-state index < -0.39 is 0 Å². The molecule has 2 aromatic rings. The highest BCUT2D eigenvalue weighted by molar-refractivity contribution is 7.16. The molecule has 1 amide bonds. The first-order chi connectivity index (χ1) is 9.51. The lowest BCUT2D eigenvalue weighted by Gasteiger charge is -1.97. The Morgan fingerprint density at radius 3 is 2.75 bits per heavy atom. The van der Waals surface area contributed by atoms with Gasteiger partial charge in [-0.3, -0.25) is 10.1 Å². The lowest BCUT2D eigenvalue weighted by Crippen LogP contribution is -2.09. The number of aliphatic hydroxyl groups excluding tert-OH is 1. The summed E-state index contributed by atoms with van der Waals surface area (Å²) in [5, 5.41) is 12.1. The van der Waals surface area contributed by atoms with Crippen LogP contribution < -0.4 is 5.32 Å². The van der Waals surface area contributed by atoms with Crippen molar-refractivity contribution in [3.05, 3.63) is 32.0 Å². The molecule has 0 atom stereocenters. The zero-order valence-corrected chi connectivity index (χ0v) is 13.0. The number of nitrogens with one attached hydrogen (secondary N) is 1. The largest absolute Gasteiger partial charge is 0.384 e. The van der Waals surface area contributed by atoms with Gasteiger partial charge >= 0.3 is 0 Å². The summed E-state index contributed by atoms with van der Waals surface area (Å²) in [5.41, 5.74) is 1.87. The Morgan fingerprint density at radius 1 is 1.40 bits per heavy atom. The molecule has 2 aromatic heterocycles. The van der Waals surface area contributed by atoms with E-state index in [9.17, 15) is 4.79 Å². The number of carbonyl (C=O) groups excluding carboxylic acids is 1. The van der Waals surface area contributed by atoms with Crippen molar-refractivity contribution in [2.24, 2.45) is 0 Å². The van der Waals surface area contributed by atoms with Crippen molar-refractivity contribution in [2.75, 3.05) is 11.9 Å². The number of thiazole rings is 1. The summed E-state index contributed by atoms with van der Waals surface area (Å²) in [7, 11) is 0. The van der Waals surface area contributed by atoms with E-state index >= 15 is 0 Å². The predicted molar refractivity (Wildman–Crippen MR) is 82.6 cm³/mol. The van der Waals surface area contributed by atoms with Gasteiger partial charge in [0, 0.05) is 4.88 Å². The van der Waals surface area contributed by atoms with Gasteiger partial charge in [-0.15, -0.1) is 22.7 Å². The minimum atomic E-state index is -0.184. The third kappa shape index (κ3) is 3.25. The van der Waals surface area contributed by atoms with Crippen molar-refractivity contribution < 1.29 is 9.90 Å². The molecule has 4 nitrogen and oxygen atoms in total. The van der Waals surface area contributed by atoms with Gasteiger partial charge in [0.25, 0.3) is 5.91 Å². The molecule has 0 saturated heterocycles. The summed E-state index contributed by atoms with van der Waals surface area (Å²) < 4.78 is 0. The van der Waals surface area contributed by atoms with Crippen molar-refractivity contribution >= 4 is 33.7 Å². The highest BCUT2D eigenvalue weighted by atomic mass is 32.1. The van der Waals surface area contributed by atoms with Gasteiger partial charge in [-0.05, 0) is 32.4 Å². The van der Waals surface area contributed by atoms with Crippen LogP contribution in [0.3, 0.4) is 0 Å². The number of aromatic nitrogens is 1. The number of aliphatic hydroxyl groups is 1. The summed E-state index contributed by atoms with van der Waals surface area (Å²) in [6.07, 6.45) is 0. The second kappa shape index (κ2) is 6.18. The number of rotatable bonds is 2. The number of anilines is 1. The predicted octanol–water partition coefficient (Wildman–Crippen LogP) is 2.73. The van der Waals surface area contributed by atoms with E-state index in [2.05, 4.69) is 22.1 Å². The molecule has 0 saturated carbocycles. The Labute approximate surface area is 125 Å². The maximum absolute atomic E-state index is 12.1. The number of aryl methyl sites for hydroxylation is 3. The summed E-state index contributed by atoms with van der Waals surface area (Å²) >= 11 is 2.78. The van der Waals surface area contributed by atoms with Crippen LogP contribution in [0.2, 0.25) is 0 Å². The Morgan fingerprint density at radius 2 is 2.15 bits per heavy atom. The van der Waals surface area contributed by atoms with E-state index in [1.165, 1.54) is 22.7 Å². The number of nitrogens with zero attached hydrogens (tertiary/aromatic N) is 1. The van der Waals surface area contributed by atoms with E-state index in [0.717, 1.165) is 21.0 Å². The van der Waals surface area contributed by atoms with Gasteiger partial charge in [-0.1, -0.05) is 11.8 Å². The first kappa shape index (κ1) is 14.7. The molecule has 20 heavy (non-hydrogen) atoms. The molecule has 0 aliphatic heterocycles. The molecule has 0 aliphatic carbocycles. The van der Waals surface area contributed by atoms with Crippen molar-refractivity contribution in [3.63, 3.8) is 0 Å². The molecule has 104 valence electrons. The number of hydrogen-bond donors (Lipinski definition) is 2. The molecule has 0 aromatic carbocycles. The van der Waals surface area contributed by atoms with Crippen molar-refractivity contribution in [2.45, 2.75) is 20.8 Å². The number of carbonyl (C=O) groups is 1. The molecule has 0 unspecified atom stereocenters. The molecule has 2 heterocycles. The second-order valence-corrected chi connectivity index (χ2v) is 6.45. The molecule has 0 bridgehead atoms. The van der Waals surface area contributed by atoms with Gasteiger partial charge in [0.1, 0.15) is 6.61 Å². The van der Waals surface area contributed by atoms with Gasteiger partial charge < -0.3 is 5.11 Å². The molecule has 0 aliphatic rings. The van der Waals surface area contributed by atoms with Crippen LogP contribution in [-0.2, 0) is 0 Å². The third-order valence-corrected chi connectivity index (χ3v) is 4.81. The monoisotopic (exact) mass is 306 g/mol. The summed E-state index contributed by atoms with van der Waals surface area (Å²) in [6.45, 7) is 5.60. The van der Waals surface area contributed by atoms with E-state index in [-0.39, 0.29) is 12.5 Å². The maximum Gasteiger partial charge on any atom is 0.267 e. The summed E-state index contributed by atoms with van der Waals surface area (Å²) in [4.78, 5) is 18.9. The Balaban J connectivity index is 2.17. The lowest BCUT2D eigenvalue weighted by atomic mass is 10.2. The first-order valence-corrected chi connectivity index (χ1v) is 7.60. The van der Waals surface area contributed by atoms with Crippen molar-refractivity contribution in [1.29, 1.82) is 0 Å². The first-order valence-electron chi connectivity index (χ1n) is 5.96. The van der Waals surface area contributed by atoms with Crippen LogP contribution in [0.25, 0.3) is 0 Å². The Kier molecular flexibility index (Phi) is 4.55. The van der Waals surface area contributed by atoms with Crippen LogP contribution in [0, 0.1) is 32.6 Å². The van der Waals surface area contributed by atoms with E-state index in [0.29, 0.717) is 10.0 Å². The Bertz CT molecular complexity index is 685. The SMILES string of the molecule is Cc1cc(C(=O)Nc2nc(C)c(C)s2)sc1C#CCO. The van der Waals surface area contributed by atoms with Gasteiger partial charge in [0.05, 0.1) is 15.4 Å². The summed E-state index contributed by atoms with van der Waals surface area (Å²) in [6, 6.07) is 1.80. The standard InChI is InChI=1S/C14H14N2O2S2/c1-8-7-12(20-11(8)5-4-6-17)13(18)16-14-15-9(2)10(3)19-14/h7,17H,6H2,1-3H3,(H,15,16,18). The number of hydrogen-bond acceptors (Lipinski definition) is 5. The molecule has 6 heteroatoms. The minimum Gasteiger partial charge on any atom is -0.384 e. The van der Waals surface area contributed by atoms with E-state index in [1.54, 1.807) is 6.07 Å². The molecule has 2 rings (SSSR count). The average Bonchev–Trinajstić information content (AvgIpc) is 2.91. The van der Waals surface area contributed by atoms with Gasteiger partial charge in [0.2, 0.25) is 0 Å². The van der Waals surface area contributed by atoms with Gasteiger partial charge in [0.15, 0.2) is 5.13 Å². The van der Waals surface area contributed by atoms with E-state index in [1.807, 2.05) is 20.8 Å². The fraction of sp³-hybridized carbons (Fsp3) is 0.286. The molecule has 0 spiro atoms. The smallest absolute Gasteiger partial charge is 0.267 e. The topological polar surface area (TPSA) is 62.2 Å². The lowest BCUT2D eigenvalue weighted by molar-refractivity contribution is 0.103. The van der Waals surface area contributed by atoms with Crippen LogP contribution in [0.1, 0.15) is 30.7 Å².